The van der Waals surface area contributed by atoms with Gasteiger partial charge in [0.05, 0.1) is 19.1 Å². The lowest BCUT2D eigenvalue weighted by Crippen LogP contribution is -2.49. The fourth-order valence-electron chi connectivity index (χ4n) is 1.26. The Hall–Kier alpha value is -1.63. The Kier molecular flexibility index (Phi) is 6.96. The first-order valence-corrected chi connectivity index (χ1v) is 5.88. The van der Waals surface area contributed by atoms with E-state index in [0.29, 0.717) is 6.54 Å². The molecule has 0 heterocycles. The van der Waals surface area contributed by atoms with E-state index < -0.39 is 11.9 Å². The molecular weight excluding hydrogens is 236 g/mol. The minimum absolute atomic E-state index is 0.00648. The second kappa shape index (κ2) is 7.65. The van der Waals surface area contributed by atoms with Crippen LogP contribution in [-0.2, 0) is 14.4 Å². The number of amides is 3. The molecule has 0 aromatic heterocycles. The zero-order chi connectivity index (χ0) is 14.3. The van der Waals surface area contributed by atoms with Gasteiger partial charge in [0.15, 0.2) is 0 Å². The summed E-state index contributed by atoms with van der Waals surface area (Å²) in [5.74, 6) is -1.34. The number of likely N-dealkylation sites (N-methyl/N-ethyl adjacent to an activating group) is 1. The smallest absolute Gasteiger partial charge is 0.242 e. The minimum atomic E-state index is -0.649. The first-order valence-electron chi connectivity index (χ1n) is 5.88. The van der Waals surface area contributed by atoms with Gasteiger partial charge in [-0.1, -0.05) is 13.8 Å². The number of rotatable bonds is 7. The van der Waals surface area contributed by atoms with Crippen molar-refractivity contribution in [2.75, 3.05) is 19.6 Å². The number of carbonyl (C=O) groups is 3. The lowest BCUT2D eigenvalue weighted by atomic mass is 10.1. The molecule has 0 saturated carbocycles. The largest absolute Gasteiger partial charge is 0.368 e. The molecule has 0 radical (unpaired) electrons. The van der Waals surface area contributed by atoms with Crippen molar-refractivity contribution in [2.24, 2.45) is 17.4 Å². The Labute approximate surface area is 107 Å². The number of carbonyl (C=O) groups excluding carboxylic acids is 3. The van der Waals surface area contributed by atoms with Crippen LogP contribution in [0.2, 0.25) is 0 Å². The van der Waals surface area contributed by atoms with Gasteiger partial charge in [-0.2, -0.15) is 0 Å². The van der Waals surface area contributed by atoms with E-state index >= 15 is 0 Å². The Bertz CT molecular complexity index is 317. The van der Waals surface area contributed by atoms with Crippen LogP contribution in [0.5, 0.6) is 0 Å². The van der Waals surface area contributed by atoms with Crippen molar-refractivity contribution in [3.05, 3.63) is 0 Å². The van der Waals surface area contributed by atoms with Crippen molar-refractivity contribution in [3.63, 3.8) is 0 Å². The molecular formula is C11H22N4O3. The Morgan fingerprint density at radius 2 is 1.83 bits per heavy atom. The molecule has 0 saturated heterocycles. The summed E-state index contributed by atoms with van der Waals surface area (Å²) in [6.07, 6.45) is 0. The molecule has 0 bridgehead atoms. The van der Waals surface area contributed by atoms with Gasteiger partial charge >= 0.3 is 0 Å². The molecule has 5 N–H and O–H groups in total. The SMILES string of the molecule is CCN(CC(N)=O)C(=O)CNC(=O)[C@@H](N)C(C)C. The Morgan fingerprint density at radius 1 is 1.28 bits per heavy atom. The zero-order valence-electron chi connectivity index (χ0n) is 11.1. The van der Waals surface area contributed by atoms with Crippen molar-refractivity contribution in [2.45, 2.75) is 26.8 Å². The zero-order valence-corrected chi connectivity index (χ0v) is 11.1. The van der Waals surface area contributed by atoms with Crippen LogP contribution in [0.1, 0.15) is 20.8 Å². The first-order chi connectivity index (χ1) is 8.29. The molecule has 0 aliphatic carbocycles. The molecule has 3 amide bonds. The minimum Gasteiger partial charge on any atom is -0.368 e. The van der Waals surface area contributed by atoms with Crippen molar-refractivity contribution in [1.82, 2.24) is 10.2 Å². The second-order valence-electron chi connectivity index (χ2n) is 4.36. The van der Waals surface area contributed by atoms with Gasteiger partial charge in [-0.05, 0) is 12.8 Å². The predicted octanol–water partition coefficient (Wildman–Crippen LogP) is -1.58. The fraction of sp³-hybridized carbons (Fsp3) is 0.727. The standard InChI is InChI=1S/C11H22N4O3/c1-4-15(6-8(12)16)9(17)5-14-11(18)10(13)7(2)3/h7,10H,4-6,13H2,1-3H3,(H2,12,16)(H,14,18)/t10-/m0/s1. The summed E-state index contributed by atoms with van der Waals surface area (Å²) in [5, 5.41) is 2.44. The van der Waals surface area contributed by atoms with E-state index in [9.17, 15) is 14.4 Å². The van der Waals surface area contributed by atoms with Gasteiger partial charge in [0, 0.05) is 6.54 Å². The molecule has 0 aromatic carbocycles. The molecule has 0 spiro atoms. The highest BCUT2D eigenvalue weighted by Gasteiger charge is 2.19. The van der Waals surface area contributed by atoms with Gasteiger partial charge in [-0.3, -0.25) is 14.4 Å². The van der Waals surface area contributed by atoms with Crippen LogP contribution >= 0.6 is 0 Å². The maximum atomic E-state index is 11.7. The average molecular weight is 258 g/mol. The molecule has 1 atom stereocenters. The maximum absolute atomic E-state index is 11.7. The van der Waals surface area contributed by atoms with Crippen molar-refractivity contribution >= 4 is 17.7 Å². The van der Waals surface area contributed by atoms with Crippen molar-refractivity contribution in [3.8, 4) is 0 Å². The number of nitrogens with zero attached hydrogens (tertiary/aromatic N) is 1. The number of hydrogen-bond donors (Lipinski definition) is 3. The highest BCUT2D eigenvalue weighted by Crippen LogP contribution is 1.97. The molecule has 0 aliphatic rings. The number of nitrogens with two attached hydrogens (primary N) is 2. The number of hydrogen-bond acceptors (Lipinski definition) is 4. The molecule has 0 unspecified atom stereocenters. The predicted molar refractivity (Wildman–Crippen MR) is 67.3 cm³/mol. The van der Waals surface area contributed by atoms with Crippen LogP contribution in [-0.4, -0.2) is 48.3 Å². The van der Waals surface area contributed by atoms with Gasteiger partial charge in [-0.25, -0.2) is 0 Å². The Morgan fingerprint density at radius 3 is 2.22 bits per heavy atom. The van der Waals surface area contributed by atoms with E-state index in [2.05, 4.69) is 5.32 Å². The van der Waals surface area contributed by atoms with Gasteiger partial charge in [-0.15, -0.1) is 0 Å². The molecule has 0 fully saturated rings. The molecule has 0 rings (SSSR count). The third kappa shape index (κ3) is 5.62. The monoisotopic (exact) mass is 258 g/mol. The summed E-state index contributed by atoms with van der Waals surface area (Å²) in [6, 6.07) is -0.649. The fourth-order valence-corrected chi connectivity index (χ4v) is 1.26. The van der Waals surface area contributed by atoms with Crippen molar-refractivity contribution < 1.29 is 14.4 Å². The van der Waals surface area contributed by atoms with Crippen molar-refractivity contribution in [1.29, 1.82) is 0 Å². The lowest BCUT2D eigenvalue weighted by Gasteiger charge is -2.20. The van der Waals surface area contributed by atoms with Crippen LogP contribution in [0.25, 0.3) is 0 Å². The van der Waals surface area contributed by atoms with E-state index in [1.807, 2.05) is 13.8 Å². The van der Waals surface area contributed by atoms with Crippen LogP contribution in [0, 0.1) is 5.92 Å². The topological polar surface area (TPSA) is 119 Å². The van der Waals surface area contributed by atoms with Crippen LogP contribution < -0.4 is 16.8 Å². The summed E-state index contributed by atoms with van der Waals surface area (Å²) in [7, 11) is 0. The highest BCUT2D eigenvalue weighted by molar-refractivity contribution is 5.89. The second-order valence-corrected chi connectivity index (χ2v) is 4.36. The molecule has 18 heavy (non-hydrogen) atoms. The van der Waals surface area contributed by atoms with E-state index in [-0.39, 0.29) is 30.8 Å². The maximum Gasteiger partial charge on any atom is 0.242 e. The summed E-state index contributed by atoms with van der Waals surface area (Å²) in [5.41, 5.74) is 10.6. The van der Waals surface area contributed by atoms with E-state index in [0.717, 1.165) is 0 Å². The number of primary amides is 1. The summed E-state index contributed by atoms with van der Waals surface area (Å²) < 4.78 is 0. The average Bonchev–Trinajstić information content (AvgIpc) is 2.30. The van der Waals surface area contributed by atoms with Crippen LogP contribution in [0.15, 0.2) is 0 Å². The summed E-state index contributed by atoms with van der Waals surface area (Å²) in [6.45, 7) is 5.38. The molecule has 0 aromatic rings. The number of nitrogens with one attached hydrogen (secondary N) is 1. The first kappa shape index (κ1) is 16.4. The lowest BCUT2D eigenvalue weighted by molar-refractivity contribution is -0.135. The quantitative estimate of drug-likeness (QED) is 0.510. The highest BCUT2D eigenvalue weighted by atomic mass is 16.2. The summed E-state index contributed by atoms with van der Waals surface area (Å²) >= 11 is 0. The third-order valence-corrected chi connectivity index (χ3v) is 2.52. The van der Waals surface area contributed by atoms with Gasteiger partial charge < -0.3 is 21.7 Å². The molecule has 104 valence electrons. The van der Waals surface area contributed by atoms with Gasteiger partial charge in [0.1, 0.15) is 0 Å². The molecule has 7 heteroatoms. The molecule has 0 aliphatic heterocycles. The molecule has 7 nitrogen and oxygen atoms in total. The van der Waals surface area contributed by atoms with Gasteiger partial charge in [0.25, 0.3) is 0 Å². The normalized spacial score (nSPS) is 12.1. The van der Waals surface area contributed by atoms with Crippen LogP contribution in [0.4, 0.5) is 0 Å². The van der Waals surface area contributed by atoms with E-state index in [1.165, 1.54) is 4.90 Å². The van der Waals surface area contributed by atoms with E-state index in [1.54, 1.807) is 6.92 Å². The van der Waals surface area contributed by atoms with Crippen LogP contribution in [0.3, 0.4) is 0 Å². The summed E-state index contributed by atoms with van der Waals surface area (Å²) in [4.78, 5) is 35.2. The third-order valence-electron chi connectivity index (χ3n) is 2.52. The Balaban J connectivity index is 4.23. The van der Waals surface area contributed by atoms with Gasteiger partial charge in [0.2, 0.25) is 17.7 Å². The van der Waals surface area contributed by atoms with E-state index in [4.69, 9.17) is 11.5 Å².